The Balaban J connectivity index is 2.71. The Labute approximate surface area is 101 Å². The van der Waals surface area contributed by atoms with Gasteiger partial charge in [-0.05, 0) is 26.0 Å². The van der Waals surface area contributed by atoms with Crippen molar-refractivity contribution in [1.29, 1.82) is 5.26 Å². The van der Waals surface area contributed by atoms with E-state index in [4.69, 9.17) is 10.00 Å². The van der Waals surface area contributed by atoms with Crippen LogP contribution in [0.15, 0.2) is 36.0 Å². The van der Waals surface area contributed by atoms with Gasteiger partial charge in [-0.2, -0.15) is 5.26 Å². The molecule has 4 heteroatoms. The van der Waals surface area contributed by atoms with Gasteiger partial charge < -0.3 is 10.1 Å². The number of rotatable bonds is 4. The van der Waals surface area contributed by atoms with Gasteiger partial charge in [0.1, 0.15) is 6.07 Å². The molecule has 1 N–H and O–H groups in total. The lowest BCUT2D eigenvalue weighted by Gasteiger charge is -2.03. The van der Waals surface area contributed by atoms with Crippen molar-refractivity contribution in [2.75, 3.05) is 11.9 Å². The molecule has 0 heterocycles. The van der Waals surface area contributed by atoms with Gasteiger partial charge in [0.05, 0.1) is 6.61 Å². The van der Waals surface area contributed by atoms with Gasteiger partial charge in [-0.1, -0.05) is 17.7 Å². The van der Waals surface area contributed by atoms with Gasteiger partial charge in [-0.25, -0.2) is 4.79 Å². The van der Waals surface area contributed by atoms with E-state index in [1.807, 2.05) is 31.2 Å². The van der Waals surface area contributed by atoms with E-state index >= 15 is 0 Å². The number of esters is 1. The third kappa shape index (κ3) is 3.99. The van der Waals surface area contributed by atoms with Gasteiger partial charge in [0.2, 0.25) is 0 Å². The molecular formula is C13H14N2O2. The number of nitriles is 1. The van der Waals surface area contributed by atoms with E-state index in [0.29, 0.717) is 0 Å². The van der Waals surface area contributed by atoms with Crippen LogP contribution in [0.3, 0.4) is 0 Å². The lowest BCUT2D eigenvalue weighted by atomic mass is 10.2. The number of hydrogen-bond acceptors (Lipinski definition) is 4. The third-order valence-electron chi connectivity index (χ3n) is 2.05. The van der Waals surface area contributed by atoms with Crippen molar-refractivity contribution < 1.29 is 9.53 Å². The van der Waals surface area contributed by atoms with E-state index < -0.39 is 5.97 Å². The zero-order chi connectivity index (χ0) is 12.7. The van der Waals surface area contributed by atoms with Crippen LogP contribution in [0.25, 0.3) is 0 Å². The maximum Gasteiger partial charge on any atom is 0.350 e. The molecule has 0 spiro atoms. The fourth-order valence-corrected chi connectivity index (χ4v) is 1.15. The molecule has 0 saturated carbocycles. The summed E-state index contributed by atoms with van der Waals surface area (Å²) in [4.78, 5) is 11.3. The molecule has 0 bridgehead atoms. The van der Waals surface area contributed by atoms with Crippen molar-refractivity contribution >= 4 is 11.7 Å². The van der Waals surface area contributed by atoms with Crippen LogP contribution in [0.2, 0.25) is 0 Å². The fraction of sp³-hybridized carbons (Fsp3) is 0.231. The Morgan fingerprint density at radius 2 is 2.12 bits per heavy atom. The highest BCUT2D eigenvalue weighted by Gasteiger charge is 2.08. The first-order chi connectivity index (χ1) is 8.17. The topological polar surface area (TPSA) is 62.1 Å². The van der Waals surface area contributed by atoms with E-state index in [2.05, 4.69) is 5.32 Å². The van der Waals surface area contributed by atoms with Gasteiger partial charge in [0, 0.05) is 11.9 Å². The molecule has 17 heavy (non-hydrogen) atoms. The van der Waals surface area contributed by atoms with E-state index in [-0.39, 0.29) is 12.2 Å². The molecule has 0 amide bonds. The van der Waals surface area contributed by atoms with Crippen LogP contribution < -0.4 is 5.32 Å². The molecule has 0 saturated heterocycles. The van der Waals surface area contributed by atoms with E-state index in [1.165, 1.54) is 6.20 Å². The fourth-order valence-electron chi connectivity index (χ4n) is 1.15. The van der Waals surface area contributed by atoms with Crippen molar-refractivity contribution in [3.8, 4) is 6.07 Å². The first-order valence-corrected chi connectivity index (χ1v) is 5.28. The molecule has 0 atom stereocenters. The first kappa shape index (κ1) is 12.8. The summed E-state index contributed by atoms with van der Waals surface area (Å²) in [6.45, 7) is 3.93. The van der Waals surface area contributed by atoms with Crippen LogP contribution in [-0.4, -0.2) is 12.6 Å². The lowest BCUT2D eigenvalue weighted by Crippen LogP contribution is -2.07. The summed E-state index contributed by atoms with van der Waals surface area (Å²) >= 11 is 0. The zero-order valence-electron chi connectivity index (χ0n) is 9.86. The minimum absolute atomic E-state index is 0.0487. The van der Waals surface area contributed by atoms with Gasteiger partial charge >= 0.3 is 5.97 Å². The SMILES string of the molecule is CCOC(=O)/C(C#N)=C\Nc1ccc(C)cc1. The first-order valence-electron chi connectivity index (χ1n) is 5.28. The van der Waals surface area contributed by atoms with E-state index in [0.717, 1.165) is 11.3 Å². The molecule has 4 nitrogen and oxygen atoms in total. The van der Waals surface area contributed by atoms with Gasteiger partial charge in [0.25, 0.3) is 0 Å². The molecule has 1 aromatic carbocycles. The zero-order valence-corrected chi connectivity index (χ0v) is 9.86. The lowest BCUT2D eigenvalue weighted by molar-refractivity contribution is -0.138. The largest absolute Gasteiger partial charge is 0.462 e. The quantitative estimate of drug-likeness (QED) is 0.490. The molecule has 0 aliphatic heterocycles. The summed E-state index contributed by atoms with van der Waals surface area (Å²) in [5.74, 6) is -0.616. The molecule has 0 radical (unpaired) electrons. The van der Waals surface area contributed by atoms with E-state index in [1.54, 1.807) is 13.0 Å². The van der Waals surface area contributed by atoms with Crippen molar-refractivity contribution in [3.63, 3.8) is 0 Å². The van der Waals surface area contributed by atoms with Crippen LogP contribution in [-0.2, 0) is 9.53 Å². The number of aryl methyl sites for hydroxylation is 1. The van der Waals surface area contributed by atoms with Crippen molar-refractivity contribution in [2.45, 2.75) is 13.8 Å². The highest BCUT2D eigenvalue weighted by molar-refractivity contribution is 5.93. The normalized spacial score (nSPS) is 10.5. The molecular weight excluding hydrogens is 216 g/mol. The number of ether oxygens (including phenoxy) is 1. The van der Waals surface area contributed by atoms with Crippen LogP contribution in [0, 0.1) is 18.3 Å². The molecule has 1 aromatic rings. The average molecular weight is 230 g/mol. The summed E-state index contributed by atoms with van der Waals surface area (Å²) in [5.41, 5.74) is 1.91. The Bertz CT molecular complexity index is 455. The van der Waals surface area contributed by atoms with Crippen molar-refractivity contribution in [3.05, 3.63) is 41.6 Å². The number of anilines is 1. The highest BCUT2D eigenvalue weighted by Crippen LogP contribution is 2.09. The Morgan fingerprint density at radius 3 is 2.65 bits per heavy atom. The van der Waals surface area contributed by atoms with Crippen molar-refractivity contribution in [1.82, 2.24) is 0 Å². The van der Waals surface area contributed by atoms with Crippen LogP contribution in [0.4, 0.5) is 5.69 Å². The molecule has 0 aliphatic carbocycles. The smallest absolute Gasteiger partial charge is 0.350 e. The Morgan fingerprint density at radius 1 is 1.47 bits per heavy atom. The van der Waals surface area contributed by atoms with Crippen LogP contribution in [0.1, 0.15) is 12.5 Å². The highest BCUT2D eigenvalue weighted by atomic mass is 16.5. The predicted octanol–water partition coefficient (Wildman–Crippen LogP) is 2.38. The minimum atomic E-state index is -0.616. The number of carbonyl (C=O) groups excluding carboxylic acids is 1. The second-order valence-corrected chi connectivity index (χ2v) is 3.40. The molecule has 0 aromatic heterocycles. The summed E-state index contributed by atoms with van der Waals surface area (Å²) in [7, 11) is 0. The molecule has 88 valence electrons. The Hall–Kier alpha value is -2.28. The standard InChI is InChI=1S/C13H14N2O2/c1-3-17-13(16)11(8-14)9-15-12-6-4-10(2)5-7-12/h4-7,9,15H,3H2,1-2H3/b11-9-. The average Bonchev–Trinajstić information content (AvgIpc) is 2.32. The molecule has 1 rings (SSSR count). The van der Waals surface area contributed by atoms with Gasteiger partial charge in [-0.15, -0.1) is 0 Å². The monoisotopic (exact) mass is 230 g/mol. The van der Waals surface area contributed by atoms with Crippen LogP contribution >= 0.6 is 0 Å². The number of carbonyl (C=O) groups is 1. The van der Waals surface area contributed by atoms with Crippen LogP contribution in [0.5, 0.6) is 0 Å². The second kappa shape index (κ2) is 6.33. The second-order valence-electron chi connectivity index (χ2n) is 3.40. The molecule has 0 fully saturated rings. The third-order valence-corrected chi connectivity index (χ3v) is 2.05. The van der Waals surface area contributed by atoms with E-state index in [9.17, 15) is 4.79 Å². The van der Waals surface area contributed by atoms with Gasteiger partial charge in [0.15, 0.2) is 5.57 Å². The number of benzene rings is 1. The summed E-state index contributed by atoms with van der Waals surface area (Å²) in [5, 5.41) is 11.7. The minimum Gasteiger partial charge on any atom is -0.462 e. The molecule has 0 unspecified atom stereocenters. The van der Waals surface area contributed by atoms with Crippen molar-refractivity contribution in [2.24, 2.45) is 0 Å². The summed E-state index contributed by atoms with van der Waals surface area (Å²) in [6, 6.07) is 9.40. The maximum absolute atomic E-state index is 11.3. The Kier molecular flexibility index (Phi) is 4.77. The summed E-state index contributed by atoms with van der Waals surface area (Å²) < 4.78 is 4.73. The number of nitrogens with one attached hydrogen (secondary N) is 1. The van der Waals surface area contributed by atoms with Gasteiger partial charge in [-0.3, -0.25) is 0 Å². The predicted molar refractivity (Wildman–Crippen MR) is 65.1 cm³/mol. The summed E-state index contributed by atoms with van der Waals surface area (Å²) in [6.07, 6.45) is 1.35. The maximum atomic E-state index is 11.3. The number of hydrogen-bond donors (Lipinski definition) is 1. The molecule has 0 aliphatic rings. The number of nitrogens with zero attached hydrogens (tertiary/aromatic N) is 1.